The fourth-order valence-electron chi connectivity index (χ4n) is 1.07. The number of carbonyl (C=O) groups is 1. The molecule has 0 bridgehead atoms. The first-order valence-corrected chi connectivity index (χ1v) is 4.17. The van der Waals surface area contributed by atoms with Gasteiger partial charge in [-0.2, -0.15) is 0 Å². The van der Waals surface area contributed by atoms with E-state index in [1.54, 1.807) is 24.3 Å². The van der Waals surface area contributed by atoms with Gasteiger partial charge >= 0.3 is 5.97 Å². The molecule has 1 rings (SSSR count). The zero-order chi connectivity index (χ0) is 10.6. The Hall–Kier alpha value is -1.77. The van der Waals surface area contributed by atoms with Crippen molar-refractivity contribution in [3.8, 4) is 5.75 Å². The van der Waals surface area contributed by atoms with Gasteiger partial charge in [-0.25, -0.2) is 0 Å². The standard InChI is InChI=1S/C11H12O3/c1-8(6-11(13)14-2)9-4-3-5-10(12)7-9/h3-5,7,12H,1,6H2,2H3. The molecule has 1 aromatic rings. The van der Waals surface area contributed by atoms with Crippen LogP contribution in [0.25, 0.3) is 5.57 Å². The first-order valence-electron chi connectivity index (χ1n) is 4.17. The van der Waals surface area contributed by atoms with Crippen LogP contribution in [0.3, 0.4) is 0 Å². The number of esters is 1. The van der Waals surface area contributed by atoms with E-state index in [9.17, 15) is 9.90 Å². The summed E-state index contributed by atoms with van der Waals surface area (Å²) in [6.07, 6.45) is 0.139. The van der Waals surface area contributed by atoms with E-state index in [0.717, 1.165) is 5.56 Å². The van der Waals surface area contributed by atoms with Crippen molar-refractivity contribution in [1.29, 1.82) is 0 Å². The van der Waals surface area contributed by atoms with Gasteiger partial charge in [0.2, 0.25) is 0 Å². The number of phenolic OH excluding ortho intramolecular Hbond substituents is 1. The molecule has 0 radical (unpaired) electrons. The molecule has 3 nitrogen and oxygen atoms in total. The third-order valence-corrected chi connectivity index (χ3v) is 1.84. The number of phenols is 1. The van der Waals surface area contributed by atoms with Gasteiger partial charge in [-0.1, -0.05) is 18.7 Å². The third-order valence-electron chi connectivity index (χ3n) is 1.84. The van der Waals surface area contributed by atoms with Gasteiger partial charge in [0, 0.05) is 0 Å². The van der Waals surface area contributed by atoms with E-state index >= 15 is 0 Å². The molecule has 0 aliphatic rings. The largest absolute Gasteiger partial charge is 0.508 e. The summed E-state index contributed by atoms with van der Waals surface area (Å²) in [5.74, 6) is -0.174. The Bertz CT molecular complexity index is 355. The minimum atomic E-state index is -0.335. The molecule has 0 spiro atoms. The summed E-state index contributed by atoms with van der Waals surface area (Å²) >= 11 is 0. The minimum Gasteiger partial charge on any atom is -0.508 e. The van der Waals surface area contributed by atoms with Gasteiger partial charge < -0.3 is 9.84 Å². The summed E-state index contributed by atoms with van der Waals surface area (Å²) in [5, 5.41) is 9.20. The summed E-state index contributed by atoms with van der Waals surface area (Å²) in [6.45, 7) is 3.74. The predicted molar refractivity (Wildman–Crippen MR) is 53.8 cm³/mol. The Kier molecular flexibility index (Phi) is 3.29. The lowest BCUT2D eigenvalue weighted by Crippen LogP contribution is -2.00. The molecule has 0 heterocycles. The van der Waals surface area contributed by atoms with Crippen molar-refractivity contribution in [2.24, 2.45) is 0 Å². The number of ether oxygens (including phenoxy) is 1. The van der Waals surface area contributed by atoms with Gasteiger partial charge in [0.25, 0.3) is 0 Å². The number of benzene rings is 1. The maximum absolute atomic E-state index is 10.9. The highest BCUT2D eigenvalue weighted by Crippen LogP contribution is 2.20. The lowest BCUT2D eigenvalue weighted by molar-refractivity contribution is -0.139. The summed E-state index contributed by atoms with van der Waals surface area (Å²) < 4.78 is 4.51. The van der Waals surface area contributed by atoms with E-state index < -0.39 is 0 Å². The van der Waals surface area contributed by atoms with E-state index in [0.29, 0.717) is 5.57 Å². The third kappa shape index (κ3) is 2.62. The molecule has 0 aromatic heterocycles. The van der Waals surface area contributed by atoms with Crippen LogP contribution in [0.15, 0.2) is 30.8 Å². The highest BCUT2D eigenvalue weighted by molar-refractivity contribution is 5.84. The van der Waals surface area contributed by atoms with Crippen LogP contribution in [0.1, 0.15) is 12.0 Å². The topological polar surface area (TPSA) is 46.5 Å². The second-order valence-electron chi connectivity index (χ2n) is 2.91. The van der Waals surface area contributed by atoms with Crippen molar-refractivity contribution in [3.63, 3.8) is 0 Å². The number of rotatable bonds is 3. The highest BCUT2D eigenvalue weighted by atomic mass is 16.5. The number of hydrogen-bond donors (Lipinski definition) is 1. The van der Waals surface area contributed by atoms with Crippen molar-refractivity contribution in [2.75, 3.05) is 7.11 Å². The quantitative estimate of drug-likeness (QED) is 0.745. The molecule has 3 heteroatoms. The summed E-state index contributed by atoms with van der Waals surface area (Å²) in [5.41, 5.74) is 1.38. The van der Waals surface area contributed by atoms with E-state index in [4.69, 9.17) is 0 Å². The number of methoxy groups -OCH3 is 1. The molecule has 74 valence electrons. The normalized spacial score (nSPS) is 9.50. The number of aromatic hydroxyl groups is 1. The molecule has 0 saturated heterocycles. The molecular formula is C11H12O3. The lowest BCUT2D eigenvalue weighted by atomic mass is 10.0. The Labute approximate surface area is 82.6 Å². The van der Waals surface area contributed by atoms with Gasteiger partial charge in [0.15, 0.2) is 0 Å². The Morgan fingerprint density at radius 1 is 1.57 bits per heavy atom. The van der Waals surface area contributed by atoms with E-state index in [1.807, 2.05) is 0 Å². The molecule has 0 unspecified atom stereocenters. The van der Waals surface area contributed by atoms with Crippen LogP contribution in [0.5, 0.6) is 5.75 Å². The van der Waals surface area contributed by atoms with Crippen molar-refractivity contribution in [2.45, 2.75) is 6.42 Å². The van der Waals surface area contributed by atoms with Crippen LogP contribution in [-0.2, 0) is 9.53 Å². The van der Waals surface area contributed by atoms with Crippen LogP contribution in [0, 0.1) is 0 Å². The molecule has 0 aliphatic carbocycles. The average Bonchev–Trinajstić information content (AvgIpc) is 2.17. The SMILES string of the molecule is C=C(CC(=O)OC)c1cccc(O)c1. The second kappa shape index (κ2) is 4.46. The van der Waals surface area contributed by atoms with Crippen LogP contribution >= 0.6 is 0 Å². The van der Waals surface area contributed by atoms with Crippen LogP contribution in [-0.4, -0.2) is 18.2 Å². The van der Waals surface area contributed by atoms with E-state index in [1.165, 1.54) is 7.11 Å². The van der Waals surface area contributed by atoms with Crippen molar-refractivity contribution < 1.29 is 14.6 Å². The Morgan fingerprint density at radius 2 is 2.29 bits per heavy atom. The molecule has 1 aromatic carbocycles. The van der Waals surface area contributed by atoms with Gasteiger partial charge in [-0.15, -0.1) is 0 Å². The molecule has 0 atom stereocenters. The van der Waals surface area contributed by atoms with Crippen LogP contribution < -0.4 is 0 Å². The minimum absolute atomic E-state index is 0.139. The Balaban J connectivity index is 2.75. The fraction of sp³-hybridized carbons (Fsp3) is 0.182. The summed E-state index contributed by atoms with van der Waals surface area (Å²) in [7, 11) is 1.33. The number of hydrogen-bond acceptors (Lipinski definition) is 3. The van der Waals surface area contributed by atoms with Gasteiger partial charge in [-0.3, -0.25) is 4.79 Å². The van der Waals surface area contributed by atoms with Crippen molar-refractivity contribution in [1.82, 2.24) is 0 Å². The average molecular weight is 192 g/mol. The van der Waals surface area contributed by atoms with Gasteiger partial charge in [-0.05, 0) is 23.3 Å². The maximum atomic E-state index is 10.9. The van der Waals surface area contributed by atoms with Crippen molar-refractivity contribution >= 4 is 11.5 Å². The van der Waals surface area contributed by atoms with E-state index in [-0.39, 0.29) is 18.1 Å². The van der Waals surface area contributed by atoms with E-state index in [2.05, 4.69) is 11.3 Å². The first-order chi connectivity index (χ1) is 6.63. The number of carbonyl (C=O) groups excluding carboxylic acids is 1. The summed E-state index contributed by atoms with van der Waals surface area (Å²) in [6, 6.07) is 6.61. The monoisotopic (exact) mass is 192 g/mol. The smallest absolute Gasteiger partial charge is 0.309 e. The Morgan fingerprint density at radius 3 is 2.86 bits per heavy atom. The highest BCUT2D eigenvalue weighted by Gasteiger charge is 2.06. The zero-order valence-electron chi connectivity index (χ0n) is 7.99. The molecule has 1 N–H and O–H groups in total. The molecule has 0 fully saturated rings. The predicted octanol–water partition coefficient (Wildman–Crippen LogP) is 1.97. The van der Waals surface area contributed by atoms with Crippen LogP contribution in [0.4, 0.5) is 0 Å². The molecule has 0 aliphatic heterocycles. The van der Waals surface area contributed by atoms with Crippen molar-refractivity contribution in [3.05, 3.63) is 36.4 Å². The summed E-state index contributed by atoms with van der Waals surface area (Å²) in [4.78, 5) is 10.9. The van der Waals surface area contributed by atoms with Gasteiger partial charge in [0.05, 0.1) is 13.5 Å². The molecule has 0 saturated carbocycles. The fourth-order valence-corrected chi connectivity index (χ4v) is 1.07. The maximum Gasteiger partial charge on any atom is 0.309 e. The molecular weight excluding hydrogens is 180 g/mol. The zero-order valence-corrected chi connectivity index (χ0v) is 7.99. The molecule has 0 amide bonds. The lowest BCUT2D eigenvalue weighted by Gasteiger charge is -2.04. The second-order valence-corrected chi connectivity index (χ2v) is 2.91. The van der Waals surface area contributed by atoms with Crippen LogP contribution in [0.2, 0.25) is 0 Å². The molecule has 14 heavy (non-hydrogen) atoms. The first kappa shape index (κ1) is 10.3. The van der Waals surface area contributed by atoms with Gasteiger partial charge in [0.1, 0.15) is 5.75 Å².